The van der Waals surface area contributed by atoms with Crippen molar-refractivity contribution in [2.24, 2.45) is 0 Å². The summed E-state index contributed by atoms with van der Waals surface area (Å²) in [7, 11) is 5.05. The Morgan fingerprint density at radius 3 is 2.38 bits per heavy atom. The average molecular weight is 356 g/mol. The van der Waals surface area contributed by atoms with Gasteiger partial charge in [-0.15, -0.1) is 0 Å². The predicted molar refractivity (Wildman–Crippen MR) is 91.9 cm³/mol. The average Bonchev–Trinajstić information content (AvgIpc) is 2.72. The highest BCUT2D eigenvalue weighted by atomic mass is 35.5. The van der Waals surface area contributed by atoms with Gasteiger partial charge in [0.05, 0.1) is 37.0 Å². The second-order valence-corrected chi connectivity index (χ2v) is 6.25. The molecule has 1 heterocycles. The molecule has 0 bridgehead atoms. The highest BCUT2D eigenvalue weighted by Crippen LogP contribution is 2.37. The normalized spacial score (nSPS) is 13.4. The predicted octanol–water partition coefficient (Wildman–Crippen LogP) is 1.46. The van der Waals surface area contributed by atoms with Crippen LogP contribution in [0.1, 0.15) is 6.42 Å². The Hall–Kier alpha value is -1.99. The van der Waals surface area contributed by atoms with E-state index in [0.29, 0.717) is 35.4 Å². The van der Waals surface area contributed by atoms with Gasteiger partial charge in [-0.2, -0.15) is 0 Å². The van der Waals surface area contributed by atoms with Crippen molar-refractivity contribution in [2.75, 3.05) is 52.8 Å². The first-order valence-corrected chi connectivity index (χ1v) is 8.02. The molecule has 0 saturated carbocycles. The molecule has 0 aliphatic carbocycles. The lowest BCUT2D eigenvalue weighted by Gasteiger charge is -2.19. The number of halogens is 1. The molecular formula is C16H22ClN3O4. The maximum Gasteiger partial charge on any atom is 0.238 e. The summed E-state index contributed by atoms with van der Waals surface area (Å²) in [6, 6.07) is 3.29. The summed E-state index contributed by atoms with van der Waals surface area (Å²) in [6.07, 6.45) is 0.790. The van der Waals surface area contributed by atoms with E-state index in [2.05, 4.69) is 5.32 Å². The number of carbonyl (C=O) groups is 2. The molecule has 24 heavy (non-hydrogen) atoms. The van der Waals surface area contributed by atoms with Crippen LogP contribution in [0, 0.1) is 0 Å². The number of nitrogens with zero attached hydrogens (tertiary/aromatic N) is 2. The Kier molecular flexibility index (Phi) is 6.28. The summed E-state index contributed by atoms with van der Waals surface area (Å²) in [5, 5.41) is 3.12. The number of hydrogen-bond acceptors (Lipinski definition) is 5. The smallest absolute Gasteiger partial charge is 0.238 e. The van der Waals surface area contributed by atoms with E-state index in [4.69, 9.17) is 21.1 Å². The van der Waals surface area contributed by atoms with E-state index >= 15 is 0 Å². The lowest BCUT2D eigenvalue weighted by atomic mass is 10.2. The fourth-order valence-electron chi connectivity index (χ4n) is 2.14. The molecule has 1 N–H and O–H groups in total. The minimum Gasteiger partial charge on any atom is -0.490 e. The first-order valence-electron chi connectivity index (χ1n) is 7.64. The van der Waals surface area contributed by atoms with E-state index in [1.807, 2.05) is 0 Å². The Morgan fingerprint density at radius 2 is 1.75 bits per heavy atom. The fraction of sp³-hybridized carbons (Fsp3) is 0.500. The Morgan fingerprint density at radius 1 is 1.12 bits per heavy atom. The van der Waals surface area contributed by atoms with Crippen LogP contribution in [0.15, 0.2) is 12.1 Å². The molecule has 1 aromatic rings. The van der Waals surface area contributed by atoms with Gasteiger partial charge in [-0.3, -0.25) is 14.5 Å². The number of anilines is 1. The van der Waals surface area contributed by atoms with Gasteiger partial charge in [-0.25, -0.2) is 0 Å². The van der Waals surface area contributed by atoms with Crippen LogP contribution in [-0.4, -0.2) is 69.1 Å². The zero-order chi connectivity index (χ0) is 17.7. The van der Waals surface area contributed by atoms with Crippen LogP contribution >= 0.6 is 11.6 Å². The van der Waals surface area contributed by atoms with Crippen molar-refractivity contribution in [2.45, 2.75) is 6.42 Å². The van der Waals surface area contributed by atoms with Gasteiger partial charge in [-0.05, 0) is 7.05 Å². The van der Waals surface area contributed by atoms with Crippen molar-refractivity contribution in [3.05, 3.63) is 17.2 Å². The molecule has 1 aliphatic heterocycles. The Balaban J connectivity index is 1.98. The summed E-state index contributed by atoms with van der Waals surface area (Å²) < 4.78 is 11.1. The highest BCUT2D eigenvalue weighted by Gasteiger charge is 2.17. The summed E-state index contributed by atoms with van der Waals surface area (Å²) in [5.41, 5.74) is 0.457. The molecular weight excluding hydrogens is 334 g/mol. The lowest BCUT2D eigenvalue weighted by molar-refractivity contribution is -0.130. The summed E-state index contributed by atoms with van der Waals surface area (Å²) in [6.45, 7) is 1.36. The monoisotopic (exact) mass is 355 g/mol. The van der Waals surface area contributed by atoms with E-state index in [1.165, 1.54) is 4.90 Å². The molecule has 2 amide bonds. The van der Waals surface area contributed by atoms with Crippen LogP contribution in [0.3, 0.4) is 0 Å². The zero-order valence-corrected chi connectivity index (χ0v) is 14.9. The molecule has 0 fully saturated rings. The summed E-state index contributed by atoms with van der Waals surface area (Å²) in [5.74, 6) is 0.798. The van der Waals surface area contributed by atoms with Gasteiger partial charge in [0.2, 0.25) is 11.8 Å². The van der Waals surface area contributed by atoms with Gasteiger partial charge >= 0.3 is 0 Å². The Labute approximate surface area is 146 Å². The molecule has 0 aromatic heterocycles. The minimum atomic E-state index is -0.263. The maximum atomic E-state index is 12.2. The first kappa shape index (κ1) is 18.4. The quantitative estimate of drug-likeness (QED) is 0.865. The lowest BCUT2D eigenvalue weighted by Crippen LogP contribution is -2.38. The summed E-state index contributed by atoms with van der Waals surface area (Å²) in [4.78, 5) is 26.9. The second-order valence-electron chi connectivity index (χ2n) is 5.84. The van der Waals surface area contributed by atoms with Crippen molar-refractivity contribution in [3.63, 3.8) is 0 Å². The number of likely N-dealkylation sites (N-methyl/N-ethyl adjacent to an activating group) is 2. The van der Waals surface area contributed by atoms with Gasteiger partial charge < -0.3 is 19.7 Å². The van der Waals surface area contributed by atoms with Crippen LogP contribution in [0.25, 0.3) is 0 Å². The maximum absolute atomic E-state index is 12.2. The van der Waals surface area contributed by atoms with Crippen molar-refractivity contribution in [1.82, 2.24) is 9.80 Å². The standard InChI is InChI=1S/C16H22ClN3O4/c1-19(2)16(22)10-20(3)9-15(21)18-12-8-14-13(7-11(12)17)23-5-4-6-24-14/h7-8H,4-6,9-10H2,1-3H3,(H,18,21). The second kappa shape index (κ2) is 8.21. The molecule has 0 saturated heterocycles. The number of carbonyl (C=O) groups excluding carboxylic acids is 2. The molecule has 0 spiro atoms. The Bertz CT molecular complexity index is 622. The van der Waals surface area contributed by atoms with Crippen molar-refractivity contribution >= 4 is 29.1 Å². The minimum absolute atomic E-state index is 0.0705. The van der Waals surface area contributed by atoms with Crippen LogP contribution < -0.4 is 14.8 Å². The highest BCUT2D eigenvalue weighted by molar-refractivity contribution is 6.34. The van der Waals surface area contributed by atoms with Crippen LogP contribution in [0.2, 0.25) is 5.02 Å². The van der Waals surface area contributed by atoms with Crippen LogP contribution in [0.4, 0.5) is 5.69 Å². The number of amides is 2. The number of hydrogen-bond donors (Lipinski definition) is 1. The molecule has 0 radical (unpaired) electrons. The van der Waals surface area contributed by atoms with E-state index < -0.39 is 0 Å². The van der Waals surface area contributed by atoms with Gasteiger partial charge in [0.25, 0.3) is 0 Å². The van der Waals surface area contributed by atoms with Crippen molar-refractivity contribution in [1.29, 1.82) is 0 Å². The number of rotatable bonds is 5. The van der Waals surface area contributed by atoms with Gasteiger partial charge in [0.15, 0.2) is 11.5 Å². The SMILES string of the molecule is CN(CC(=O)Nc1cc2c(cc1Cl)OCCCO2)CC(=O)N(C)C. The number of benzene rings is 1. The number of nitrogens with one attached hydrogen (secondary N) is 1. The molecule has 132 valence electrons. The third-order valence-corrected chi connectivity index (χ3v) is 3.74. The topological polar surface area (TPSA) is 71.1 Å². The van der Waals surface area contributed by atoms with Crippen LogP contribution in [-0.2, 0) is 9.59 Å². The van der Waals surface area contributed by atoms with Gasteiger partial charge in [0, 0.05) is 32.6 Å². The molecule has 1 aliphatic rings. The molecule has 7 nitrogen and oxygen atoms in total. The van der Waals surface area contributed by atoms with E-state index in [-0.39, 0.29) is 24.9 Å². The molecule has 0 unspecified atom stereocenters. The molecule has 8 heteroatoms. The largest absolute Gasteiger partial charge is 0.490 e. The van der Waals surface area contributed by atoms with E-state index in [0.717, 1.165) is 6.42 Å². The first-order chi connectivity index (χ1) is 11.4. The van der Waals surface area contributed by atoms with Crippen LogP contribution in [0.5, 0.6) is 11.5 Å². The van der Waals surface area contributed by atoms with Crippen molar-refractivity contribution in [3.8, 4) is 11.5 Å². The van der Waals surface area contributed by atoms with E-state index in [9.17, 15) is 9.59 Å². The molecule has 1 aromatic carbocycles. The molecule has 0 atom stereocenters. The van der Waals surface area contributed by atoms with Crippen molar-refractivity contribution < 1.29 is 19.1 Å². The van der Waals surface area contributed by atoms with E-state index in [1.54, 1.807) is 38.2 Å². The third-order valence-electron chi connectivity index (χ3n) is 3.43. The number of ether oxygens (including phenoxy) is 2. The zero-order valence-electron chi connectivity index (χ0n) is 14.1. The van der Waals surface area contributed by atoms with Gasteiger partial charge in [-0.1, -0.05) is 11.6 Å². The third kappa shape index (κ3) is 5.01. The summed E-state index contributed by atoms with van der Waals surface area (Å²) >= 11 is 6.20. The number of fused-ring (bicyclic) bond motifs is 1. The van der Waals surface area contributed by atoms with Gasteiger partial charge in [0.1, 0.15) is 0 Å². The molecule has 2 rings (SSSR count). The fourth-order valence-corrected chi connectivity index (χ4v) is 2.34.